The van der Waals surface area contributed by atoms with Gasteiger partial charge in [-0.15, -0.1) is 0 Å². The minimum atomic E-state index is -3.02. The third kappa shape index (κ3) is 4.39. The number of halogens is 2. The summed E-state index contributed by atoms with van der Waals surface area (Å²) in [7, 11) is 0. The first-order valence-corrected chi connectivity index (χ1v) is 8.98. The topological polar surface area (TPSA) is 112 Å². The third-order valence-electron chi connectivity index (χ3n) is 4.40. The summed E-state index contributed by atoms with van der Waals surface area (Å²) in [4.78, 5) is 39.9. The molecule has 3 aromatic rings. The fourth-order valence-corrected chi connectivity index (χ4v) is 2.99. The number of nitrogens with zero attached hydrogens (tertiary/aromatic N) is 1. The van der Waals surface area contributed by atoms with Crippen molar-refractivity contribution in [1.82, 2.24) is 9.55 Å². The van der Waals surface area contributed by atoms with E-state index in [1.54, 1.807) is 18.2 Å². The molecule has 31 heavy (non-hydrogen) atoms. The van der Waals surface area contributed by atoms with Gasteiger partial charge in [-0.1, -0.05) is 12.1 Å². The normalized spacial score (nSPS) is 12.1. The summed E-state index contributed by atoms with van der Waals surface area (Å²) >= 11 is 0. The smallest absolute Gasteiger partial charge is 0.387 e. The highest BCUT2D eigenvalue weighted by atomic mass is 19.3. The Hall–Kier alpha value is -4.15. The Morgan fingerprint density at radius 1 is 1.16 bits per heavy atom. The molecule has 160 valence electrons. The first kappa shape index (κ1) is 20.1. The number of rotatable bonds is 6. The number of hydrogen-bond acceptors (Lipinski definition) is 6. The summed E-state index contributed by atoms with van der Waals surface area (Å²) in [6.07, 6.45) is 0.996. The Kier molecular flexibility index (Phi) is 5.39. The molecule has 0 fully saturated rings. The van der Waals surface area contributed by atoms with Crippen LogP contribution in [0.4, 0.5) is 14.5 Å². The maximum atomic E-state index is 12.8. The number of fused-ring (bicyclic) bond motifs is 1. The van der Waals surface area contributed by atoms with Gasteiger partial charge < -0.3 is 24.5 Å². The molecule has 0 radical (unpaired) electrons. The lowest BCUT2D eigenvalue weighted by molar-refractivity contribution is -0.0498. The van der Waals surface area contributed by atoms with Crippen LogP contribution in [0.2, 0.25) is 0 Å². The van der Waals surface area contributed by atoms with E-state index in [1.807, 2.05) is 0 Å². The van der Waals surface area contributed by atoms with Crippen LogP contribution < -0.4 is 30.8 Å². The van der Waals surface area contributed by atoms with Crippen LogP contribution in [0.25, 0.3) is 0 Å². The van der Waals surface area contributed by atoms with Crippen molar-refractivity contribution in [3.63, 3.8) is 0 Å². The zero-order valence-electron chi connectivity index (χ0n) is 15.8. The molecule has 2 N–H and O–H groups in total. The molecule has 4 rings (SSSR count). The quantitative estimate of drug-likeness (QED) is 0.619. The number of hydrogen-bond donors (Lipinski definition) is 2. The first-order valence-electron chi connectivity index (χ1n) is 8.98. The van der Waals surface area contributed by atoms with E-state index in [4.69, 9.17) is 9.47 Å². The highest BCUT2D eigenvalue weighted by Gasteiger charge is 2.18. The maximum Gasteiger partial charge on any atom is 0.387 e. The number of amides is 1. The summed E-state index contributed by atoms with van der Waals surface area (Å²) in [6, 6.07) is 10.3. The van der Waals surface area contributed by atoms with Crippen LogP contribution in [-0.2, 0) is 6.54 Å². The average Bonchev–Trinajstić information content (AvgIpc) is 3.18. The molecule has 1 amide bonds. The molecule has 0 aliphatic carbocycles. The molecule has 0 unspecified atom stereocenters. The standard InChI is InChI=1S/C20H15F2N3O6/c21-19(22)31-13-3-1-2-12(7-13)24-17(26)14-8-23-20(28)25(18(14)27)9-11-4-5-15-16(6-11)30-10-29-15/h1-8,19H,9-10H2,(H,23,28)(H,24,26). The van der Waals surface area contributed by atoms with E-state index in [2.05, 4.69) is 15.0 Å². The fraction of sp³-hybridized carbons (Fsp3) is 0.150. The Morgan fingerprint density at radius 2 is 1.97 bits per heavy atom. The van der Waals surface area contributed by atoms with Gasteiger partial charge in [-0.2, -0.15) is 8.78 Å². The lowest BCUT2D eigenvalue weighted by Crippen LogP contribution is -2.39. The molecule has 1 aromatic heterocycles. The molecule has 0 saturated heterocycles. The van der Waals surface area contributed by atoms with Crippen LogP contribution in [0.1, 0.15) is 15.9 Å². The van der Waals surface area contributed by atoms with Gasteiger partial charge in [-0.3, -0.25) is 14.2 Å². The van der Waals surface area contributed by atoms with Crippen LogP contribution in [-0.4, -0.2) is 28.9 Å². The summed E-state index contributed by atoms with van der Waals surface area (Å²) in [5.41, 5.74) is -1.13. The molecular formula is C20H15F2N3O6. The Labute approximate surface area is 172 Å². The van der Waals surface area contributed by atoms with Crippen LogP contribution in [0.5, 0.6) is 17.2 Å². The largest absolute Gasteiger partial charge is 0.454 e. The lowest BCUT2D eigenvalue weighted by atomic mass is 10.2. The molecule has 1 aliphatic rings. The van der Waals surface area contributed by atoms with Gasteiger partial charge in [0.2, 0.25) is 6.79 Å². The van der Waals surface area contributed by atoms with Gasteiger partial charge in [0, 0.05) is 18.0 Å². The van der Waals surface area contributed by atoms with Crippen molar-refractivity contribution in [2.24, 2.45) is 0 Å². The van der Waals surface area contributed by atoms with Crippen molar-refractivity contribution in [3.8, 4) is 17.2 Å². The van der Waals surface area contributed by atoms with Crippen molar-refractivity contribution in [2.45, 2.75) is 13.2 Å². The van der Waals surface area contributed by atoms with E-state index in [9.17, 15) is 23.2 Å². The van der Waals surface area contributed by atoms with Gasteiger partial charge in [-0.25, -0.2) is 4.79 Å². The van der Waals surface area contributed by atoms with E-state index in [-0.39, 0.29) is 30.3 Å². The van der Waals surface area contributed by atoms with Crippen LogP contribution in [0, 0.1) is 0 Å². The molecule has 11 heteroatoms. The van der Waals surface area contributed by atoms with Gasteiger partial charge in [-0.05, 0) is 29.8 Å². The molecular weight excluding hydrogens is 416 g/mol. The van der Waals surface area contributed by atoms with Gasteiger partial charge in [0.25, 0.3) is 11.5 Å². The van der Waals surface area contributed by atoms with Crippen LogP contribution in [0.3, 0.4) is 0 Å². The van der Waals surface area contributed by atoms with Crippen molar-refractivity contribution >= 4 is 11.6 Å². The number of carbonyl (C=O) groups excluding carboxylic acids is 1. The number of ether oxygens (including phenoxy) is 3. The number of aromatic amines is 1. The number of H-pyrrole nitrogens is 1. The zero-order valence-corrected chi connectivity index (χ0v) is 15.8. The number of aromatic nitrogens is 2. The van der Waals surface area contributed by atoms with Gasteiger partial charge in [0.05, 0.1) is 6.54 Å². The summed E-state index contributed by atoms with van der Waals surface area (Å²) in [5, 5.41) is 2.42. The van der Waals surface area contributed by atoms with Gasteiger partial charge >= 0.3 is 12.3 Å². The Morgan fingerprint density at radius 3 is 2.77 bits per heavy atom. The number of alkyl halides is 2. The summed E-state index contributed by atoms with van der Waals surface area (Å²) in [6.45, 7) is -3.05. The van der Waals surface area contributed by atoms with Crippen molar-refractivity contribution in [3.05, 3.63) is 80.6 Å². The Bertz CT molecular complexity index is 1250. The number of carbonyl (C=O) groups is 1. The average molecular weight is 431 g/mol. The highest BCUT2D eigenvalue weighted by molar-refractivity contribution is 6.03. The number of nitrogens with one attached hydrogen (secondary N) is 2. The Balaban J connectivity index is 1.58. The second-order valence-corrected chi connectivity index (χ2v) is 6.45. The van der Waals surface area contributed by atoms with E-state index in [0.29, 0.717) is 17.1 Å². The summed E-state index contributed by atoms with van der Waals surface area (Å²) in [5.74, 6) is 0.0577. The molecule has 0 atom stereocenters. The van der Waals surface area contributed by atoms with Crippen LogP contribution >= 0.6 is 0 Å². The predicted molar refractivity (Wildman–Crippen MR) is 104 cm³/mol. The maximum absolute atomic E-state index is 12.8. The second kappa shape index (κ2) is 8.30. The van der Waals surface area contributed by atoms with Crippen molar-refractivity contribution < 1.29 is 27.8 Å². The second-order valence-electron chi connectivity index (χ2n) is 6.45. The number of anilines is 1. The monoisotopic (exact) mass is 431 g/mol. The van der Waals surface area contributed by atoms with Crippen molar-refractivity contribution in [1.29, 1.82) is 0 Å². The molecule has 2 heterocycles. The zero-order chi connectivity index (χ0) is 22.0. The SMILES string of the molecule is O=C(Nc1cccc(OC(F)F)c1)c1c[nH]c(=O)n(Cc2ccc3c(c2)OCO3)c1=O. The molecule has 0 bridgehead atoms. The molecule has 0 spiro atoms. The van der Waals surface area contributed by atoms with Gasteiger partial charge in [0.1, 0.15) is 11.3 Å². The van der Waals surface area contributed by atoms with E-state index in [0.717, 1.165) is 10.8 Å². The van der Waals surface area contributed by atoms with E-state index >= 15 is 0 Å². The number of benzene rings is 2. The lowest BCUT2D eigenvalue weighted by Gasteiger charge is -2.10. The molecule has 2 aromatic carbocycles. The third-order valence-corrected chi connectivity index (χ3v) is 4.40. The summed E-state index contributed by atoms with van der Waals surface area (Å²) < 4.78 is 40.4. The van der Waals surface area contributed by atoms with Crippen molar-refractivity contribution in [2.75, 3.05) is 12.1 Å². The molecule has 9 nitrogen and oxygen atoms in total. The van der Waals surface area contributed by atoms with Crippen LogP contribution in [0.15, 0.2) is 58.3 Å². The van der Waals surface area contributed by atoms with E-state index < -0.39 is 23.8 Å². The fourth-order valence-electron chi connectivity index (χ4n) is 2.99. The molecule has 1 aliphatic heterocycles. The minimum Gasteiger partial charge on any atom is -0.454 e. The minimum absolute atomic E-state index is 0.0819. The predicted octanol–water partition coefficient (Wildman–Crippen LogP) is 2.17. The van der Waals surface area contributed by atoms with E-state index in [1.165, 1.54) is 24.3 Å². The van der Waals surface area contributed by atoms with Gasteiger partial charge in [0.15, 0.2) is 11.5 Å². The highest BCUT2D eigenvalue weighted by Crippen LogP contribution is 2.32. The molecule has 0 saturated carbocycles. The first-order chi connectivity index (χ1) is 14.9.